The van der Waals surface area contributed by atoms with Crippen LogP contribution in [0.25, 0.3) is 10.9 Å². The highest BCUT2D eigenvalue weighted by Crippen LogP contribution is 2.25. The van der Waals surface area contributed by atoms with Crippen LogP contribution in [0.2, 0.25) is 0 Å². The third kappa shape index (κ3) is 4.69. The molecule has 4 rings (SSSR count). The fourth-order valence-electron chi connectivity index (χ4n) is 4.51. The van der Waals surface area contributed by atoms with Crippen LogP contribution in [-0.4, -0.2) is 51.4 Å². The standard InChI is InChI=1S/C25H31N5O.H2/c1-4-24(31)20-14-26-25(27-15-20)30-12-10-19(11-13-30)16-29(5-2)18-21-17-28(3)23-9-7-6-8-22(21)23;/h4,6-9,14-15,17,19H,1,5,10-13,16,18H2,2-3H3;1H. The van der Waals surface area contributed by atoms with E-state index in [0.29, 0.717) is 17.4 Å². The molecule has 1 aliphatic heterocycles. The summed E-state index contributed by atoms with van der Waals surface area (Å²) < 4.78 is 2.23. The third-order valence-corrected chi connectivity index (χ3v) is 6.34. The number of hydrogen-bond acceptors (Lipinski definition) is 5. The van der Waals surface area contributed by atoms with E-state index in [-0.39, 0.29) is 7.21 Å². The Morgan fingerprint density at radius 3 is 2.65 bits per heavy atom. The quantitative estimate of drug-likeness (QED) is 0.402. The zero-order valence-corrected chi connectivity index (χ0v) is 18.5. The van der Waals surface area contributed by atoms with Crippen LogP contribution in [0.5, 0.6) is 0 Å². The lowest BCUT2D eigenvalue weighted by molar-refractivity contribution is 0.104. The van der Waals surface area contributed by atoms with E-state index in [2.05, 4.69) is 75.3 Å². The maximum absolute atomic E-state index is 11.7. The minimum Gasteiger partial charge on any atom is -0.350 e. The first-order chi connectivity index (χ1) is 15.1. The predicted molar refractivity (Wildman–Crippen MR) is 127 cm³/mol. The van der Waals surface area contributed by atoms with Gasteiger partial charge >= 0.3 is 0 Å². The monoisotopic (exact) mass is 419 g/mol. The Labute approximate surface area is 185 Å². The summed E-state index contributed by atoms with van der Waals surface area (Å²) in [5.41, 5.74) is 3.18. The van der Waals surface area contributed by atoms with Gasteiger partial charge in [0.2, 0.25) is 5.95 Å². The molecule has 0 saturated carbocycles. The van der Waals surface area contributed by atoms with Gasteiger partial charge in [-0.15, -0.1) is 0 Å². The van der Waals surface area contributed by atoms with Crippen molar-refractivity contribution in [3.05, 3.63) is 66.6 Å². The highest BCUT2D eigenvalue weighted by atomic mass is 16.1. The van der Waals surface area contributed by atoms with Gasteiger partial charge in [0.1, 0.15) is 0 Å². The molecule has 6 nitrogen and oxygen atoms in total. The summed E-state index contributed by atoms with van der Waals surface area (Å²) in [4.78, 5) is 25.2. The van der Waals surface area contributed by atoms with E-state index in [1.807, 2.05) is 0 Å². The van der Waals surface area contributed by atoms with Crippen LogP contribution in [0.3, 0.4) is 0 Å². The summed E-state index contributed by atoms with van der Waals surface area (Å²) in [5, 5.41) is 1.36. The van der Waals surface area contributed by atoms with Crippen molar-refractivity contribution >= 4 is 22.6 Å². The van der Waals surface area contributed by atoms with Gasteiger partial charge in [-0.2, -0.15) is 0 Å². The average molecular weight is 420 g/mol. The van der Waals surface area contributed by atoms with Crippen molar-refractivity contribution in [1.82, 2.24) is 19.4 Å². The number of anilines is 1. The van der Waals surface area contributed by atoms with Crippen molar-refractivity contribution < 1.29 is 6.22 Å². The molecule has 1 fully saturated rings. The lowest BCUT2D eigenvalue weighted by Gasteiger charge is -2.34. The van der Waals surface area contributed by atoms with Gasteiger partial charge in [-0.1, -0.05) is 31.7 Å². The molecule has 6 heteroatoms. The Kier molecular flexibility index (Phi) is 6.47. The van der Waals surface area contributed by atoms with E-state index < -0.39 is 0 Å². The second-order valence-corrected chi connectivity index (χ2v) is 8.38. The smallest absolute Gasteiger partial charge is 0.225 e. The Morgan fingerprint density at radius 1 is 1.26 bits per heavy atom. The summed E-state index contributed by atoms with van der Waals surface area (Å²) in [5.74, 6) is 1.24. The summed E-state index contributed by atoms with van der Waals surface area (Å²) >= 11 is 0. The van der Waals surface area contributed by atoms with Gasteiger partial charge < -0.3 is 9.47 Å². The molecule has 0 N–H and O–H groups in total. The van der Waals surface area contributed by atoms with Crippen LogP contribution >= 0.6 is 0 Å². The van der Waals surface area contributed by atoms with E-state index in [1.165, 1.54) is 22.5 Å². The molecule has 0 unspecified atom stereocenters. The predicted octanol–water partition coefficient (Wildman–Crippen LogP) is 4.32. The maximum atomic E-state index is 11.7. The SMILES string of the molecule is C=CC(=O)c1cnc(N2CCC(CN(CC)Cc3cn(C)c4ccccc34)CC2)nc1.[HH]. The van der Waals surface area contributed by atoms with Crippen LogP contribution < -0.4 is 4.90 Å². The minimum atomic E-state index is -0.142. The molecule has 164 valence electrons. The van der Waals surface area contributed by atoms with Crippen molar-refractivity contribution in [3.8, 4) is 0 Å². The number of rotatable bonds is 8. The molecule has 0 radical (unpaired) electrons. The molecule has 0 bridgehead atoms. The summed E-state index contributed by atoms with van der Waals surface area (Å²) in [6, 6.07) is 8.64. The molecule has 2 aromatic heterocycles. The molecule has 1 aliphatic rings. The fourth-order valence-corrected chi connectivity index (χ4v) is 4.51. The van der Waals surface area contributed by atoms with Crippen LogP contribution in [0.1, 0.15) is 37.1 Å². The average Bonchev–Trinajstić information content (AvgIpc) is 3.14. The number of aromatic nitrogens is 3. The molecule has 0 aliphatic carbocycles. The number of aryl methyl sites for hydroxylation is 1. The molecular formula is C25H33N5O. The van der Waals surface area contributed by atoms with Crippen molar-refractivity contribution in [2.24, 2.45) is 13.0 Å². The number of piperidine rings is 1. The van der Waals surface area contributed by atoms with Gasteiger partial charge in [-0.25, -0.2) is 9.97 Å². The Morgan fingerprint density at radius 2 is 1.97 bits per heavy atom. The lowest BCUT2D eigenvalue weighted by atomic mass is 9.96. The van der Waals surface area contributed by atoms with E-state index in [1.54, 1.807) is 12.4 Å². The van der Waals surface area contributed by atoms with Crippen molar-refractivity contribution in [2.45, 2.75) is 26.3 Å². The number of para-hydroxylation sites is 1. The van der Waals surface area contributed by atoms with Gasteiger partial charge in [-0.3, -0.25) is 9.69 Å². The number of nitrogens with zero attached hydrogens (tertiary/aromatic N) is 5. The second-order valence-electron chi connectivity index (χ2n) is 8.38. The van der Waals surface area contributed by atoms with Gasteiger partial charge in [0.15, 0.2) is 5.78 Å². The summed E-state index contributed by atoms with van der Waals surface area (Å²) in [6.07, 6.45) is 9.02. The normalized spacial score (nSPS) is 15.0. The molecular weight excluding hydrogens is 386 g/mol. The largest absolute Gasteiger partial charge is 0.350 e. The van der Waals surface area contributed by atoms with E-state index in [0.717, 1.165) is 45.6 Å². The first-order valence-corrected chi connectivity index (χ1v) is 11.1. The van der Waals surface area contributed by atoms with Crippen LogP contribution in [-0.2, 0) is 13.6 Å². The van der Waals surface area contributed by atoms with Gasteiger partial charge in [-0.05, 0) is 43.0 Å². The van der Waals surface area contributed by atoms with Crippen molar-refractivity contribution in [2.75, 3.05) is 31.1 Å². The lowest BCUT2D eigenvalue weighted by Crippen LogP contribution is -2.39. The number of carbonyl (C=O) groups excluding carboxylic acids is 1. The minimum absolute atomic E-state index is 0. The highest BCUT2D eigenvalue weighted by molar-refractivity contribution is 6.03. The first-order valence-electron chi connectivity index (χ1n) is 11.1. The van der Waals surface area contributed by atoms with Crippen molar-refractivity contribution in [3.63, 3.8) is 0 Å². The maximum Gasteiger partial charge on any atom is 0.225 e. The molecule has 0 spiro atoms. The molecule has 0 atom stereocenters. The second kappa shape index (κ2) is 9.43. The van der Waals surface area contributed by atoms with Gasteiger partial charge in [0.05, 0.1) is 5.56 Å². The number of carbonyl (C=O) groups is 1. The number of fused-ring (bicyclic) bond motifs is 1. The first kappa shape index (κ1) is 21.2. The Bertz CT molecular complexity index is 1050. The molecule has 31 heavy (non-hydrogen) atoms. The van der Waals surface area contributed by atoms with Crippen LogP contribution in [0.15, 0.2) is 55.5 Å². The van der Waals surface area contributed by atoms with Crippen LogP contribution in [0, 0.1) is 5.92 Å². The van der Waals surface area contributed by atoms with Crippen LogP contribution in [0.4, 0.5) is 5.95 Å². The molecule has 0 amide bonds. The summed E-state index contributed by atoms with van der Waals surface area (Å²) in [7, 11) is 2.12. The number of allylic oxidation sites excluding steroid dienone is 1. The van der Waals surface area contributed by atoms with E-state index in [9.17, 15) is 4.79 Å². The van der Waals surface area contributed by atoms with E-state index >= 15 is 0 Å². The molecule has 1 aromatic carbocycles. The fraction of sp³-hybridized carbons (Fsp3) is 0.400. The molecule has 3 aromatic rings. The van der Waals surface area contributed by atoms with Crippen molar-refractivity contribution in [1.29, 1.82) is 0 Å². The number of ketones is 1. The van der Waals surface area contributed by atoms with E-state index in [4.69, 9.17) is 0 Å². The Balaban J connectivity index is 0.00000289. The summed E-state index contributed by atoms with van der Waals surface area (Å²) in [6.45, 7) is 10.8. The number of hydrogen-bond donors (Lipinski definition) is 0. The van der Waals surface area contributed by atoms with Gasteiger partial charge in [0.25, 0.3) is 0 Å². The zero-order chi connectivity index (χ0) is 21.8. The van der Waals surface area contributed by atoms with Gasteiger partial charge in [0, 0.05) is 64.1 Å². The Hall–Kier alpha value is -2.99. The topological polar surface area (TPSA) is 54.3 Å². The number of benzene rings is 1. The molecule has 1 saturated heterocycles. The zero-order valence-electron chi connectivity index (χ0n) is 18.5. The highest BCUT2D eigenvalue weighted by Gasteiger charge is 2.23. The molecule has 3 heterocycles. The third-order valence-electron chi connectivity index (χ3n) is 6.34.